The maximum Gasteiger partial charge on any atom is 0.323 e. The van der Waals surface area contributed by atoms with Crippen LogP contribution in [-0.4, -0.2) is 55.3 Å². The fraction of sp³-hybridized carbons (Fsp3) is 0.188. The Hall–Kier alpha value is -5.22. The van der Waals surface area contributed by atoms with Gasteiger partial charge in [-0.2, -0.15) is 0 Å². The summed E-state index contributed by atoms with van der Waals surface area (Å²) in [5.74, 6) is 2.17. The van der Waals surface area contributed by atoms with E-state index in [1.165, 1.54) is 11.8 Å². The fourth-order valence-electron chi connectivity index (χ4n) is 4.80. The molecule has 0 unspecified atom stereocenters. The van der Waals surface area contributed by atoms with Crippen LogP contribution in [0.5, 0.6) is 0 Å². The summed E-state index contributed by atoms with van der Waals surface area (Å²) >= 11 is 0. The van der Waals surface area contributed by atoms with Crippen LogP contribution in [0.3, 0.4) is 0 Å². The Labute approximate surface area is 242 Å². The van der Waals surface area contributed by atoms with E-state index >= 15 is 0 Å². The van der Waals surface area contributed by atoms with Gasteiger partial charge in [0.05, 0.1) is 25.0 Å². The SMILES string of the molecule is CC(=O)N(C)c1ccc(NC(=O)Nc2ccc(-c3nc(N4CCOCC4)c4ccc(-c5ccco5)cc4n3)cc2)cc1. The number of aromatic nitrogens is 2. The second kappa shape index (κ2) is 11.7. The van der Waals surface area contributed by atoms with E-state index in [-0.39, 0.29) is 11.9 Å². The van der Waals surface area contributed by atoms with Crippen LogP contribution in [0.15, 0.2) is 89.5 Å². The molecule has 6 rings (SSSR count). The molecule has 0 spiro atoms. The van der Waals surface area contributed by atoms with Crippen molar-refractivity contribution in [2.75, 3.05) is 53.8 Å². The number of nitrogens with one attached hydrogen (secondary N) is 2. The van der Waals surface area contributed by atoms with Crippen LogP contribution in [0.2, 0.25) is 0 Å². The second-order valence-corrected chi connectivity index (χ2v) is 9.96. The Balaban J connectivity index is 1.22. The Morgan fingerprint density at radius 1 is 0.857 bits per heavy atom. The van der Waals surface area contributed by atoms with Crippen LogP contribution in [-0.2, 0) is 9.53 Å². The van der Waals surface area contributed by atoms with E-state index in [1.807, 2.05) is 54.6 Å². The summed E-state index contributed by atoms with van der Waals surface area (Å²) < 4.78 is 11.2. The van der Waals surface area contributed by atoms with E-state index in [2.05, 4.69) is 15.5 Å². The Kier molecular flexibility index (Phi) is 7.52. The minimum absolute atomic E-state index is 0.0677. The standard InChI is InChI=1S/C32H30N6O4/c1-21(39)37(2)26-12-10-25(11-13-26)34-32(40)33-24-8-5-22(6-9-24)30-35-28-20-23(29-4-3-17-42-29)7-14-27(28)31(36-30)38-15-18-41-19-16-38/h3-14,17,20H,15-16,18-19H2,1-2H3,(H2,33,34,40). The van der Waals surface area contributed by atoms with E-state index in [4.69, 9.17) is 19.1 Å². The predicted molar refractivity (Wildman–Crippen MR) is 164 cm³/mol. The molecule has 1 saturated heterocycles. The molecule has 0 saturated carbocycles. The number of carbonyl (C=O) groups excluding carboxylic acids is 2. The summed E-state index contributed by atoms with van der Waals surface area (Å²) in [6.45, 7) is 4.29. The highest BCUT2D eigenvalue weighted by Crippen LogP contribution is 2.32. The van der Waals surface area contributed by atoms with Gasteiger partial charge in [0, 0.05) is 60.6 Å². The quantitative estimate of drug-likeness (QED) is 0.260. The number of ether oxygens (including phenoxy) is 1. The lowest BCUT2D eigenvalue weighted by Gasteiger charge is -2.29. The Morgan fingerprint density at radius 2 is 1.52 bits per heavy atom. The minimum atomic E-state index is -0.377. The Morgan fingerprint density at radius 3 is 2.17 bits per heavy atom. The van der Waals surface area contributed by atoms with Crippen molar-refractivity contribution in [3.8, 4) is 22.7 Å². The summed E-state index contributed by atoms with van der Waals surface area (Å²) in [4.78, 5) is 37.8. The molecule has 2 aromatic heterocycles. The first kappa shape index (κ1) is 27.0. The summed E-state index contributed by atoms with van der Waals surface area (Å²) in [6, 6.07) is 24.0. The van der Waals surface area contributed by atoms with Crippen molar-refractivity contribution in [3.63, 3.8) is 0 Å². The normalized spacial score (nSPS) is 13.1. The highest BCUT2D eigenvalue weighted by molar-refractivity contribution is 6.00. The average molecular weight is 563 g/mol. The van der Waals surface area contributed by atoms with Gasteiger partial charge in [-0.25, -0.2) is 14.8 Å². The number of anilines is 4. The van der Waals surface area contributed by atoms with Gasteiger partial charge in [-0.1, -0.05) is 6.07 Å². The third-order valence-corrected chi connectivity index (χ3v) is 7.18. The first-order chi connectivity index (χ1) is 20.4. The fourth-order valence-corrected chi connectivity index (χ4v) is 4.80. The lowest BCUT2D eigenvalue weighted by atomic mass is 10.1. The second-order valence-electron chi connectivity index (χ2n) is 9.96. The van der Waals surface area contributed by atoms with Crippen LogP contribution in [0.25, 0.3) is 33.6 Å². The maximum atomic E-state index is 12.6. The molecule has 5 aromatic rings. The minimum Gasteiger partial charge on any atom is -0.464 e. The average Bonchev–Trinajstić information content (AvgIpc) is 3.56. The monoisotopic (exact) mass is 562 g/mol. The number of hydrogen-bond acceptors (Lipinski definition) is 7. The van der Waals surface area contributed by atoms with Crippen molar-refractivity contribution in [2.24, 2.45) is 0 Å². The number of rotatable bonds is 6. The van der Waals surface area contributed by atoms with Crippen molar-refractivity contribution in [3.05, 3.63) is 85.1 Å². The first-order valence-corrected chi connectivity index (χ1v) is 13.7. The lowest BCUT2D eigenvalue weighted by Crippen LogP contribution is -2.37. The number of hydrogen-bond donors (Lipinski definition) is 2. The van der Waals surface area contributed by atoms with Crippen LogP contribution in [0, 0.1) is 0 Å². The number of nitrogens with zero attached hydrogens (tertiary/aromatic N) is 4. The molecule has 0 radical (unpaired) electrons. The number of carbonyl (C=O) groups is 2. The van der Waals surface area contributed by atoms with Gasteiger partial charge in [-0.05, 0) is 72.8 Å². The third-order valence-electron chi connectivity index (χ3n) is 7.18. The largest absolute Gasteiger partial charge is 0.464 e. The van der Waals surface area contributed by atoms with Gasteiger partial charge in [-0.3, -0.25) is 4.79 Å². The molecule has 3 heterocycles. The van der Waals surface area contributed by atoms with Crippen LogP contribution < -0.4 is 20.4 Å². The summed E-state index contributed by atoms with van der Waals surface area (Å²) in [5, 5.41) is 6.63. The van der Waals surface area contributed by atoms with Crippen LogP contribution in [0.1, 0.15) is 6.92 Å². The molecule has 0 bridgehead atoms. The highest BCUT2D eigenvalue weighted by atomic mass is 16.5. The molecule has 10 heteroatoms. The van der Waals surface area contributed by atoms with E-state index in [0.29, 0.717) is 30.4 Å². The van der Waals surface area contributed by atoms with Crippen LogP contribution >= 0.6 is 0 Å². The number of urea groups is 1. The van der Waals surface area contributed by atoms with Gasteiger partial charge in [0.1, 0.15) is 11.6 Å². The number of fused-ring (bicyclic) bond motifs is 1. The zero-order valence-electron chi connectivity index (χ0n) is 23.3. The zero-order chi connectivity index (χ0) is 29.1. The smallest absolute Gasteiger partial charge is 0.323 e. The molecule has 1 aliphatic heterocycles. The van der Waals surface area contributed by atoms with Crippen molar-refractivity contribution in [2.45, 2.75) is 6.92 Å². The highest BCUT2D eigenvalue weighted by Gasteiger charge is 2.19. The zero-order valence-corrected chi connectivity index (χ0v) is 23.3. The molecule has 0 aliphatic carbocycles. The molecule has 3 amide bonds. The van der Waals surface area contributed by atoms with Gasteiger partial charge in [0.25, 0.3) is 0 Å². The maximum absolute atomic E-state index is 12.6. The van der Waals surface area contributed by atoms with Gasteiger partial charge in [0.15, 0.2) is 5.82 Å². The molecular formula is C32H30N6O4. The van der Waals surface area contributed by atoms with Gasteiger partial charge < -0.3 is 29.6 Å². The molecule has 1 fully saturated rings. The molecule has 10 nitrogen and oxygen atoms in total. The molecule has 212 valence electrons. The molecule has 2 N–H and O–H groups in total. The topological polar surface area (TPSA) is 113 Å². The summed E-state index contributed by atoms with van der Waals surface area (Å²) in [5.41, 5.74) is 4.56. The van der Waals surface area contributed by atoms with Gasteiger partial charge in [0.2, 0.25) is 5.91 Å². The Bertz CT molecular complexity index is 1710. The molecule has 3 aromatic carbocycles. The summed E-state index contributed by atoms with van der Waals surface area (Å²) in [7, 11) is 1.70. The van der Waals surface area contributed by atoms with Crippen molar-refractivity contribution < 1.29 is 18.7 Å². The van der Waals surface area contributed by atoms with Crippen molar-refractivity contribution in [1.29, 1.82) is 0 Å². The number of benzene rings is 3. The van der Waals surface area contributed by atoms with E-state index in [0.717, 1.165) is 52.4 Å². The van der Waals surface area contributed by atoms with Crippen molar-refractivity contribution >= 4 is 45.7 Å². The van der Waals surface area contributed by atoms with E-state index in [1.54, 1.807) is 37.6 Å². The van der Waals surface area contributed by atoms with Crippen molar-refractivity contribution in [1.82, 2.24) is 9.97 Å². The number of furan rings is 1. The molecule has 1 aliphatic rings. The van der Waals surface area contributed by atoms with Gasteiger partial charge in [-0.15, -0.1) is 0 Å². The lowest BCUT2D eigenvalue weighted by molar-refractivity contribution is -0.116. The molecule has 0 atom stereocenters. The third kappa shape index (κ3) is 5.79. The van der Waals surface area contributed by atoms with E-state index in [9.17, 15) is 9.59 Å². The number of morpholine rings is 1. The van der Waals surface area contributed by atoms with E-state index < -0.39 is 0 Å². The van der Waals surface area contributed by atoms with Crippen LogP contribution in [0.4, 0.5) is 27.7 Å². The first-order valence-electron chi connectivity index (χ1n) is 13.7. The molecular weight excluding hydrogens is 532 g/mol. The predicted octanol–water partition coefficient (Wildman–Crippen LogP) is 6.02. The molecule has 42 heavy (non-hydrogen) atoms. The summed E-state index contributed by atoms with van der Waals surface area (Å²) in [6.07, 6.45) is 1.66. The number of amides is 3. The van der Waals surface area contributed by atoms with Gasteiger partial charge >= 0.3 is 6.03 Å².